The lowest BCUT2D eigenvalue weighted by Gasteiger charge is -2.34. The van der Waals surface area contributed by atoms with Crippen LogP contribution in [-0.2, 0) is 4.65 Å². The minimum atomic E-state index is -0.529. The molecule has 2 aliphatic rings. The second kappa shape index (κ2) is 4.38. The Morgan fingerprint density at radius 2 is 2.10 bits per heavy atom. The van der Waals surface area contributed by atoms with Crippen LogP contribution in [0, 0.1) is 0 Å². The Hall–Kier alpha value is -2.76. The average molecular weight is 278 g/mol. The Kier molecular flexibility index (Phi) is 2.51. The number of ether oxygens (including phenoxy) is 1. The molecule has 0 N–H and O–H groups in total. The average Bonchev–Trinajstić information content (AvgIpc) is 2.54. The number of hydrogen-bond donors (Lipinski definition) is 0. The van der Waals surface area contributed by atoms with Crippen molar-refractivity contribution in [2.75, 3.05) is 12.0 Å². The summed E-state index contributed by atoms with van der Waals surface area (Å²) in [5.74, 6) is 0.418. The lowest BCUT2D eigenvalue weighted by Crippen LogP contribution is -2.55. The smallest absolute Gasteiger partial charge is 0.506 e. The van der Waals surface area contributed by atoms with Gasteiger partial charge in [-0.25, -0.2) is 4.79 Å². The molecule has 0 saturated carbocycles. The summed E-state index contributed by atoms with van der Waals surface area (Å²) in [4.78, 5) is 13.9. The normalized spacial score (nSPS) is 15.0. The topological polar surface area (TPSA) is 51.1 Å². The molecule has 102 valence electrons. The molecule has 0 bridgehead atoms. The van der Waals surface area contributed by atoms with Gasteiger partial charge in [0.2, 0.25) is 0 Å². The second-order valence-electron chi connectivity index (χ2n) is 4.86. The van der Waals surface area contributed by atoms with Crippen molar-refractivity contribution in [1.29, 1.82) is 0 Å². The van der Waals surface area contributed by atoms with Gasteiger partial charge in [-0.2, -0.15) is 5.10 Å². The third-order valence-corrected chi connectivity index (χ3v) is 3.69. The molecular weight excluding hydrogens is 267 g/mol. The van der Waals surface area contributed by atoms with Crippen molar-refractivity contribution in [3.8, 4) is 5.75 Å². The molecule has 0 aliphatic carbocycles. The molecule has 2 aliphatic heterocycles. The number of benzene rings is 2. The summed E-state index contributed by atoms with van der Waals surface area (Å²) < 4.78 is 10.8. The molecule has 2 aromatic carbocycles. The van der Waals surface area contributed by atoms with Gasteiger partial charge in [0.05, 0.1) is 24.6 Å². The number of carbonyl (C=O) groups is 1. The van der Waals surface area contributed by atoms with Crippen LogP contribution in [0.3, 0.4) is 0 Å². The van der Waals surface area contributed by atoms with Gasteiger partial charge in [0.25, 0.3) is 0 Å². The monoisotopic (exact) mass is 278 g/mol. The summed E-state index contributed by atoms with van der Waals surface area (Å²) in [5, 5.41) is 4.42. The SMILES string of the molecule is COc1ccc2c(c1)C=NN1B2OC(=O)c2ccccc21. The first-order chi connectivity index (χ1) is 10.3. The zero-order chi connectivity index (χ0) is 14.4. The van der Waals surface area contributed by atoms with Gasteiger partial charge >= 0.3 is 13.0 Å². The van der Waals surface area contributed by atoms with E-state index in [1.54, 1.807) is 24.3 Å². The molecule has 2 heterocycles. The number of anilines is 1. The van der Waals surface area contributed by atoms with E-state index in [0.717, 1.165) is 22.5 Å². The van der Waals surface area contributed by atoms with Gasteiger partial charge in [-0.15, -0.1) is 0 Å². The molecule has 0 fully saturated rings. The molecule has 6 heteroatoms. The summed E-state index contributed by atoms with van der Waals surface area (Å²) in [6.07, 6.45) is 1.75. The number of para-hydroxylation sites is 1. The van der Waals surface area contributed by atoms with Crippen LogP contribution in [0.5, 0.6) is 5.75 Å². The first-order valence-corrected chi connectivity index (χ1v) is 6.59. The second-order valence-corrected chi connectivity index (χ2v) is 4.86. The molecule has 0 saturated heterocycles. The van der Waals surface area contributed by atoms with E-state index in [1.807, 2.05) is 36.4 Å². The highest BCUT2D eigenvalue weighted by Gasteiger charge is 2.42. The molecule has 0 amide bonds. The highest BCUT2D eigenvalue weighted by molar-refractivity contribution is 6.75. The summed E-state index contributed by atoms with van der Waals surface area (Å²) in [6.45, 7) is 0. The van der Waals surface area contributed by atoms with E-state index in [1.165, 1.54) is 0 Å². The number of nitrogens with zero attached hydrogens (tertiary/aromatic N) is 2. The molecule has 4 rings (SSSR count). The Morgan fingerprint density at radius 1 is 1.24 bits per heavy atom. The van der Waals surface area contributed by atoms with E-state index >= 15 is 0 Å². The first-order valence-electron chi connectivity index (χ1n) is 6.59. The van der Waals surface area contributed by atoms with Crippen LogP contribution in [0.25, 0.3) is 0 Å². The fraction of sp³-hybridized carbons (Fsp3) is 0.0667. The van der Waals surface area contributed by atoms with E-state index in [-0.39, 0.29) is 5.97 Å². The van der Waals surface area contributed by atoms with Gasteiger partial charge in [0.1, 0.15) is 5.75 Å². The molecule has 2 aromatic rings. The Labute approximate surface area is 121 Å². The van der Waals surface area contributed by atoms with Crippen molar-refractivity contribution in [2.24, 2.45) is 5.10 Å². The first kappa shape index (κ1) is 12.0. The highest BCUT2D eigenvalue weighted by atomic mass is 16.5. The van der Waals surface area contributed by atoms with Crippen molar-refractivity contribution in [1.82, 2.24) is 0 Å². The molecule has 21 heavy (non-hydrogen) atoms. The fourth-order valence-electron chi connectivity index (χ4n) is 2.65. The summed E-state index contributed by atoms with van der Waals surface area (Å²) >= 11 is 0. The van der Waals surface area contributed by atoms with Crippen LogP contribution in [-0.4, -0.2) is 26.3 Å². The lowest BCUT2D eigenvalue weighted by molar-refractivity contribution is 0.0727. The largest absolute Gasteiger partial charge is 0.544 e. The zero-order valence-electron chi connectivity index (χ0n) is 11.3. The lowest BCUT2D eigenvalue weighted by atomic mass is 9.67. The van der Waals surface area contributed by atoms with E-state index < -0.39 is 7.05 Å². The Bertz CT molecular complexity index is 775. The van der Waals surface area contributed by atoms with Crippen molar-refractivity contribution in [2.45, 2.75) is 0 Å². The third-order valence-electron chi connectivity index (χ3n) is 3.69. The number of hydrogen-bond acceptors (Lipinski definition) is 5. The van der Waals surface area contributed by atoms with E-state index in [2.05, 4.69) is 5.10 Å². The minimum absolute atomic E-state index is 0.328. The molecule has 5 nitrogen and oxygen atoms in total. The maximum Gasteiger partial charge on any atom is 0.544 e. The quantitative estimate of drug-likeness (QED) is 0.740. The standard InChI is InChI=1S/C15H11BN2O3/c1-20-11-6-7-13-10(8-11)9-17-18-14-5-3-2-4-12(14)15(19)21-16(13)18/h2-9H,1H3. The maximum atomic E-state index is 12.1. The van der Waals surface area contributed by atoms with Crippen molar-refractivity contribution in [3.05, 3.63) is 53.6 Å². The summed E-state index contributed by atoms with van der Waals surface area (Å²) in [6, 6.07) is 12.9. The predicted octanol–water partition coefficient (Wildman–Crippen LogP) is 1.41. The fourth-order valence-corrected chi connectivity index (χ4v) is 2.65. The van der Waals surface area contributed by atoms with E-state index in [0.29, 0.717) is 5.56 Å². The predicted molar refractivity (Wildman–Crippen MR) is 80.3 cm³/mol. The van der Waals surface area contributed by atoms with Gasteiger partial charge in [-0.1, -0.05) is 18.2 Å². The Morgan fingerprint density at radius 3 is 2.95 bits per heavy atom. The number of hydrazone groups is 1. The van der Waals surface area contributed by atoms with Crippen molar-refractivity contribution >= 4 is 30.4 Å². The molecule has 0 aromatic heterocycles. The van der Waals surface area contributed by atoms with Crippen molar-refractivity contribution in [3.63, 3.8) is 0 Å². The molecular formula is C15H11BN2O3. The van der Waals surface area contributed by atoms with Gasteiger partial charge < -0.3 is 9.39 Å². The van der Waals surface area contributed by atoms with Crippen LogP contribution in [0.1, 0.15) is 15.9 Å². The zero-order valence-corrected chi connectivity index (χ0v) is 11.3. The summed E-state index contributed by atoms with van der Waals surface area (Å²) in [5.41, 5.74) is 3.08. The van der Waals surface area contributed by atoms with Gasteiger partial charge in [0.15, 0.2) is 0 Å². The number of carbonyl (C=O) groups excluding carboxylic acids is 1. The minimum Gasteiger partial charge on any atom is -0.506 e. The Balaban J connectivity index is 1.86. The van der Waals surface area contributed by atoms with Gasteiger partial charge in [0, 0.05) is 0 Å². The summed E-state index contributed by atoms with van der Waals surface area (Å²) in [7, 11) is 1.09. The van der Waals surface area contributed by atoms with E-state index in [9.17, 15) is 4.79 Å². The molecule has 0 atom stereocenters. The molecule has 0 unspecified atom stereocenters. The number of methoxy groups -OCH3 is 1. The van der Waals surface area contributed by atoms with Crippen molar-refractivity contribution < 1.29 is 14.2 Å². The van der Waals surface area contributed by atoms with Gasteiger partial charge in [-0.3, -0.25) is 4.92 Å². The van der Waals surface area contributed by atoms with E-state index in [4.69, 9.17) is 9.39 Å². The number of fused-ring (bicyclic) bond motifs is 5. The third kappa shape index (κ3) is 1.72. The molecule has 0 radical (unpaired) electrons. The van der Waals surface area contributed by atoms with Crippen LogP contribution in [0.15, 0.2) is 47.6 Å². The highest BCUT2D eigenvalue weighted by Crippen LogP contribution is 2.29. The van der Waals surface area contributed by atoms with Crippen LogP contribution >= 0.6 is 0 Å². The van der Waals surface area contributed by atoms with Gasteiger partial charge in [-0.05, 0) is 35.3 Å². The molecule has 0 spiro atoms. The number of rotatable bonds is 1. The maximum absolute atomic E-state index is 12.1. The van der Waals surface area contributed by atoms with Crippen LogP contribution in [0.4, 0.5) is 5.69 Å². The van der Waals surface area contributed by atoms with Crippen LogP contribution in [0.2, 0.25) is 0 Å². The van der Waals surface area contributed by atoms with Crippen LogP contribution < -0.4 is 15.1 Å².